The summed E-state index contributed by atoms with van der Waals surface area (Å²) in [5.41, 5.74) is -4.36. The van der Waals surface area contributed by atoms with Crippen LogP contribution in [0.2, 0.25) is 0 Å². The highest BCUT2D eigenvalue weighted by atomic mass is 19.2. The lowest BCUT2D eigenvalue weighted by molar-refractivity contribution is -0.143. The summed E-state index contributed by atoms with van der Waals surface area (Å²) in [6, 6.07) is 15.0. The minimum Gasteiger partial charge on any atom is -0.497 e. The number of benzene rings is 2. The average Bonchev–Trinajstić information content (AvgIpc) is 3.12. The molecule has 0 unspecified atom stereocenters. The molecule has 0 aliphatic carbocycles. The van der Waals surface area contributed by atoms with Crippen molar-refractivity contribution in [2.24, 2.45) is 0 Å². The Balaban J connectivity index is 1.50. The van der Waals surface area contributed by atoms with Crippen LogP contribution in [0.15, 0.2) is 54.6 Å². The predicted molar refractivity (Wildman–Crippen MR) is 104 cm³/mol. The first kappa shape index (κ1) is 20.3. The van der Waals surface area contributed by atoms with Gasteiger partial charge >= 0.3 is 0 Å². The summed E-state index contributed by atoms with van der Waals surface area (Å²) in [5, 5.41) is 10.3. The molecule has 2 aromatic rings. The van der Waals surface area contributed by atoms with E-state index < -0.39 is 48.9 Å². The van der Waals surface area contributed by atoms with Crippen LogP contribution in [0.25, 0.3) is 0 Å². The van der Waals surface area contributed by atoms with E-state index in [2.05, 4.69) is 0 Å². The zero-order valence-electron chi connectivity index (χ0n) is 16.4. The molecular formula is C22H22F2N2O4. The maximum atomic E-state index is 15.6. The Morgan fingerprint density at radius 3 is 2.53 bits per heavy atom. The SMILES string of the molecule is COc1cccc(CN2C[C@@]3(F)CN(C(=O)[C@@H](O)c4ccccc4)C[C@@]3(F)C2=O)c1. The van der Waals surface area contributed by atoms with E-state index in [1.54, 1.807) is 54.6 Å². The van der Waals surface area contributed by atoms with E-state index >= 15 is 8.78 Å². The molecule has 1 N–H and O–H groups in total. The van der Waals surface area contributed by atoms with E-state index in [0.29, 0.717) is 16.9 Å². The fraction of sp³-hybridized carbons (Fsp3) is 0.364. The maximum Gasteiger partial charge on any atom is 0.266 e. The molecule has 0 saturated carbocycles. The first-order chi connectivity index (χ1) is 14.3. The van der Waals surface area contributed by atoms with Crippen LogP contribution in [0.1, 0.15) is 17.2 Å². The number of carbonyl (C=O) groups is 2. The van der Waals surface area contributed by atoms with Crippen molar-refractivity contribution < 1.29 is 28.2 Å². The van der Waals surface area contributed by atoms with E-state index in [1.807, 2.05) is 0 Å². The molecule has 0 aromatic heterocycles. The fourth-order valence-corrected chi connectivity index (χ4v) is 4.17. The number of aliphatic hydroxyl groups excluding tert-OH is 1. The summed E-state index contributed by atoms with van der Waals surface area (Å²) in [6.45, 7) is -1.75. The number of hydrogen-bond acceptors (Lipinski definition) is 4. The van der Waals surface area contributed by atoms with Crippen LogP contribution in [0.3, 0.4) is 0 Å². The van der Waals surface area contributed by atoms with E-state index in [-0.39, 0.29) is 6.54 Å². The second-order valence-corrected chi connectivity index (χ2v) is 7.79. The van der Waals surface area contributed by atoms with E-state index in [9.17, 15) is 14.7 Å². The van der Waals surface area contributed by atoms with Gasteiger partial charge in [0, 0.05) is 6.54 Å². The molecule has 0 spiro atoms. The van der Waals surface area contributed by atoms with Crippen LogP contribution in [0, 0.1) is 0 Å². The van der Waals surface area contributed by atoms with Gasteiger partial charge in [-0.25, -0.2) is 8.78 Å². The van der Waals surface area contributed by atoms with Gasteiger partial charge in [-0.15, -0.1) is 0 Å². The third-order valence-corrected chi connectivity index (χ3v) is 5.80. The van der Waals surface area contributed by atoms with Gasteiger partial charge < -0.3 is 19.6 Å². The van der Waals surface area contributed by atoms with Gasteiger partial charge in [0.1, 0.15) is 5.75 Å². The van der Waals surface area contributed by atoms with Crippen molar-refractivity contribution >= 4 is 11.8 Å². The number of ether oxygens (including phenoxy) is 1. The number of rotatable bonds is 5. The smallest absolute Gasteiger partial charge is 0.266 e. The molecule has 4 rings (SSSR count). The van der Waals surface area contributed by atoms with Crippen molar-refractivity contribution in [2.75, 3.05) is 26.7 Å². The van der Waals surface area contributed by atoms with Crippen molar-refractivity contribution in [1.82, 2.24) is 9.80 Å². The molecule has 30 heavy (non-hydrogen) atoms. The summed E-state index contributed by atoms with van der Waals surface area (Å²) in [4.78, 5) is 27.4. The van der Waals surface area contributed by atoms with Crippen LogP contribution in [-0.2, 0) is 16.1 Å². The number of methoxy groups -OCH3 is 1. The largest absolute Gasteiger partial charge is 0.497 e. The van der Waals surface area contributed by atoms with Gasteiger partial charge in [0.15, 0.2) is 11.8 Å². The lowest BCUT2D eigenvalue weighted by Crippen LogP contribution is -2.47. The number of fused-ring (bicyclic) bond motifs is 1. The number of amides is 2. The van der Waals surface area contributed by atoms with Crippen molar-refractivity contribution in [3.63, 3.8) is 0 Å². The number of alkyl halides is 2. The van der Waals surface area contributed by atoms with Crippen LogP contribution < -0.4 is 4.74 Å². The van der Waals surface area contributed by atoms with Gasteiger partial charge in [0.05, 0.1) is 26.7 Å². The van der Waals surface area contributed by atoms with E-state index in [0.717, 1.165) is 9.80 Å². The van der Waals surface area contributed by atoms with Gasteiger partial charge in [-0.1, -0.05) is 42.5 Å². The lowest BCUT2D eigenvalue weighted by Gasteiger charge is -2.24. The third-order valence-electron chi connectivity index (χ3n) is 5.80. The Labute approximate surface area is 172 Å². The predicted octanol–water partition coefficient (Wildman–Crippen LogP) is 2.03. The number of halogens is 2. The normalized spacial score (nSPS) is 26.6. The maximum absolute atomic E-state index is 15.6. The topological polar surface area (TPSA) is 70.1 Å². The highest BCUT2D eigenvalue weighted by Gasteiger charge is 2.71. The summed E-state index contributed by atoms with van der Waals surface area (Å²) in [5.74, 6) is -1.23. The highest BCUT2D eigenvalue weighted by molar-refractivity contribution is 5.93. The highest BCUT2D eigenvalue weighted by Crippen LogP contribution is 2.46. The molecule has 2 amide bonds. The van der Waals surface area contributed by atoms with Crippen LogP contribution in [0.4, 0.5) is 8.78 Å². The fourth-order valence-electron chi connectivity index (χ4n) is 4.17. The zero-order valence-corrected chi connectivity index (χ0v) is 16.4. The average molecular weight is 416 g/mol. The molecule has 2 saturated heterocycles. The molecule has 2 heterocycles. The van der Waals surface area contributed by atoms with Crippen molar-refractivity contribution in [3.8, 4) is 5.75 Å². The van der Waals surface area contributed by atoms with Gasteiger partial charge in [-0.2, -0.15) is 0 Å². The Bertz CT molecular complexity index is 973. The summed E-state index contributed by atoms with van der Waals surface area (Å²) < 4.78 is 36.3. The van der Waals surface area contributed by atoms with Crippen LogP contribution in [0.5, 0.6) is 5.75 Å². The third kappa shape index (κ3) is 3.21. The monoisotopic (exact) mass is 416 g/mol. The molecule has 6 nitrogen and oxygen atoms in total. The zero-order chi connectivity index (χ0) is 21.5. The van der Waals surface area contributed by atoms with Gasteiger partial charge in [0.2, 0.25) is 5.67 Å². The molecule has 158 valence electrons. The second-order valence-electron chi connectivity index (χ2n) is 7.79. The molecule has 2 aromatic carbocycles. The standard InChI is InChI=1S/C22H22F2N2O4/c1-30-17-9-5-6-15(10-17)11-25-12-21(23)13-26(14-22(21,24)20(25)29)19(28)18(27)16-7-3-2-4-8-16/h2-10,18,27H,11-14H2,1H3/t18-,21+,22+/m0/s1. The Morgan fingerprint density at radius 2 is 1.87 bits per heavy atom. The quantitative estimate of drug-likeness (QED) is 0.810. The number of nitrogens with zero attached hydrogens (tertiary/aromatic N) is 2. The minimum absolute atomic E-state index is 0.0357. The summed E-state index contributed by atoms with van der Waals surface area (Å²) in [6.07, 6.45) is -1.54. The van der Waals surface area contributed by atoms with Crippen molar-refractivity contribution in [2.45, 2.75) is 24.0 Å². The first-order valence-electron chi connectivity index (χ1n) is 9.59. The molecule has 0 radical (unpaired) electrons. The molecule has 2 aliphatic rings. The van der Waals surface area contributed by atoms with Crippen LogP contribution in [-0.4, -0.2) is 64.8 Å². The number of carbonyl (C=O) groups excluding carboxylic acids is 2. The van der Waals surface area contributed by atoms with Crippen LogP contribution >= 0.6 is 0 Å². The Kier molecular flexibility index (Phi) is 4.97. The molecule has 2 aliphatic heterocycles. The van der Waals surface area contributed by atoms with Gasteiger partial charge in [-0.3, -0.25) is 9.59 Å². The van der Waals surface area contributed by atoms with Gasteiger partial charge in [-0.05, 0) is 23.3 Å². The van der Waals surface area contributed by atoms with E-state index in [4.69, 9.17) is 4.74 Å². The lowest BCUT2D eigenvalue weighted by atomic mass is 9.93. The molecule has 0 bridgehead atoms. The molecule has 8 heteroatoms. The molecule has 3 atom stereocenters. The first-order valence-corrected chi connectivity index (χ1v) is 9.59. The second kappa shape index (κ2) is 7.36. The minimum atomic E-state index is -2.84. The summed E-state index contributed by atoms with van der Waals surface area (Å²) >= 11 is 0. The number of aliphatic hydroxyl groups is 1. The summed E-state index contributed by atoms with van der Waals surface area (Å²) in [7, 11) is 1.51. The van der Waals surface area contributed by atoms with E-state index in [1.165, 1.54) is 7.11 Å². The number of likely N-dealkylation sites (tertiary alicyclic amines) is 2. The molecular weight excluding hydrogens is 394 g/mol. The molecule has 2 fully saturated rings. The Morgan fingerprint density at radius 1 is 1.13 bits per heavy atom. The van der Waals surface area contributed by atoms with Crippen molar-refractivity contribution in [3.05, 3.63) is 65.7 Å². The Hall–Kier alpha value is -3.00. The number of hydrogen-bond donors (Lipinski definition) is 1. The van der Waals surface area contributed by atoms with Gasteiger partial charge in [0.25, 0.3) is 11.8 Å². The van der Waals surface area contributed by atoms with Crippen molar-refractivity contribution in [1.29, 1.82) is 0 Å².